The molecule has 0 spiro atoms. The molecule has 1 amide bonds. The Bertz CT molecular complexity index is 628. The van der Waals surface area contributed by atoms with Crippen LogP contribution in [0.4, 0.5) is 5.69 Å². The minimum atomic E-state index is -0.0821. The Hall–Kier alpha value is -2.01. The second-order valence-corrected chi connectivity index (χ2v) is 5.30. The summed E-state index contributed by atoms with van der Waals surface area (Å²) in [5.41, 5.74) is 8.39. The van der Waals surface area contributed by atoms with E-state index in [4.69, 9.17) is 5.73 Å². The highest BCUT2D eigenvalue weighted by Gasteiger charge is 2.28. The van der Waals surface area contributed by atoms with Crippen molar-refractivity contribution in [1.82, 2.24) is 9.97 Å². The monoisotopic (exact) mass is 270 g/mol. The van der Waals surface area contributed by atoms with Gasteiger partial charge in [0.15, 0.2) is 0 Å². The standard InChI is InChI=1S/C15H18N4O/c16-12-4-2-1-3-11(12)15(20)19-10-5-6-13-14(9-10)18-8-7-17-13/h5-9,11-12H,1-4,16H2,(H,19,20). The maximum Gasteiger partial charge on any atom is 0.229 e. The van der Waals surface area contributed by atoms with Gasteiger partial charge >= 0.3 is 0 Å². The molecule has 1 saturated carbocycles. The van der Waals surface area contributed by atoms with E-state index in [0.29, 0.717) is 0 Å². The van der Waals surface area contributed by atoms with Gasteiger partial charge in [0.1, 0.15) is 0 Å². The summed E-state index contributed by atoms with van der Waals surface area (Å²) >= 11 is 0. The van der Waals surface area contributed by atoms with E-state index in [0.717, 1.165) is 42.4 Å². The van der Waals surface area contributed by atoms with Crippen molar-refractivity contribution in [2.75, 3.05) is 5.32 Å². The lowest BCUT2D eigenvalue weighted by atomic mass is 9.84. The van der Waals surface area contributed by atoms with Crippen LogP contribution in [0.25, 0.3) is 11.0 Å². The summed E-state index contributed by atoms with van der Waals surface area (Å²) in [6.07, 6.45) is 7.31. The van der Waals surface area contributed by atoms with Crippen LogP contribution in [0.3, 0.4) is 0 Å². The second-order valence-electron chi connectivity index (χ2n) is 5.30. The quantitative estimate of drug-likeness (QED) is 0.875. The topological polar surface area (TPSA) is 80.9 Å². The Kier molecular flexibility index (Phi) is 3.60. The number of carbonyl (C=O) groups excluding carboxylic acids is 1. The molecule has 104 valence electrons. The van der Waals surface area contributed by atoms with Crippen molar-refractivity contribution in [2.45, 2.75) is 31.7 Å². The van der Waals surface area contributed by atoms with Gasteiger partial charge in [0.2, 0.25) is 5.91 Å². The summed E-state index contributed by atoms with van der Waals surface area (Å²) in [6.45, 7) is 0. The average Bonchev–Trinajstić information content (AvgIpc) is 2.47. The van der Waals surface area contributed by atoms with E-state index in [1.165, 1.54) is 0 Å². The number of fused-ring (bicyclic) bond motifs is 1. The Morgan fingerprint density at radius 1 is 1.15 bits per heavy atom. The number of amides is 1. The Morgan fingerprint density at radius 3 is 2.70 bits per heavy atom. The van der Waals surface area contributed by atoms with Gasteiger partial charge in [0, 0.05) is 24.1 Å². The fourth-order valence-electron chi connectivity index (χ4n) is 2.76. The highest BCUT2D eigenvalue weighted by Crippen LogP contribution is 2.25. The summed E-state index contributed by atoms with van der Waals surface area (Å²) in [7, 11) is 0. The molecule has 0 radical (unpaired) electrons. The van der Waals surface area contributed by atoms with Crippen LogP contribution < -0.4 is 11.1 Å². The molecule has 1 fully saturated rings. The predicted octanol–water partition coefficient (Wildman–Crippen LogP) is 2.09. The summed E-state index contributed by atoms with van der Waals surface area (Å²) in [4.78, 5) is 20.7. The van der Waals surface area contributed by atoms with Gasteiger partial charge in [-0.2, -0.15) is 0 Å². The normalized spacial score (nSPS) is 22.6. The van der Waals surface area contributed by atoms with Crippen molar-refractivity contribution in [2.24, 2.45) is 11.7 Å². The molecule has 1 aliphatic rings. The Labute approximate surface area is 117 Å². The van der Waals surface area contributed by atoms with Gasteiger partial charge in [0.05, 0.1) is 17.0 Å². The van der Waals surface area contributed by atoms with E-state index < -0.39 is 0 Å². The van der Waals surface area contributed by atoms with E-state index in [9.17, 15) is 4.79 Å². The van der Waals surface area contributed by atoms with Gasteiger partial charge in [-0.1, -0.05) is 12.8 Å². The largest absolute Gasteiger partial charge is 0.327 e. The molecule has 5 heteroatoms. The highest BCUT2D eigenvalue weighted by atomic mass is 16.1. The number of hydrogen-bond donors (Lipinski definition) is 2. The molecule has 3 N–H and O–H groups in total. The molecule has 2 atom stereocenters. The number of anilines is 1. The lowest BCUT2D eigenvalue weighted by molar-refractivity contribution is -0.121. The molecule has 20 heavy (non-hydrogen) atoms. The van der Waals surface area contributed by atoms with Gasteiger partial charge in [-0.15, -0.1) is 0 Å². The van der Waals surface area contributed by atoms with Crippen LogP contribution in [0.1, 0.15) is 25.7 Å². The third-order valence-corrected chi connectivity index (χ3v) is 3.89. The number of rotatable bonds is 2. The lowest BCUT2D eigenvalue weighted by Gasteiger charge is -2.27. The zero-order valence-electron chi connectivity index (χ0n) is 11.2. The van der Waals surface area contributed by atoms with E-state index in [-0.39, 0.29) is 17.9 Å². The number of nitrogens with two attached hydrogens (primary N) is 1. The van der Waals surface area contributed by atoms with E-state index >= 15 is 0 Å². The molecule has 1 aliphatic carbocycles. The number of nitrogens with zero attached hydrogens (tertiary/aromatic N) is 2. The summed E-state index contributed by atoms with van der Waals surface area (Å²) in [6, 6.07) is 5.53. The zero-order valence-corrected chi connectivity index (χ0v) is 11.2. The number of carbonyl (C=O) groups is 1. The van der Waals surface area contributed by atoms with Crippen LogP contribution in [0.5, 0.6) is 0 Å². The van der Waals surface area contributed by atoms with E-state index in [1.54, 1.807) is 12.4 Å². The second kappa shape index (κ2) is 5.54. The van der Waals surface area contributed by atoms with Crippen LogP contribution in [-0.2, 0) is 4.79 Å². The van der Waals surface area contributed by atoms with Gasteiger partial charge in [0.25, 0.3) is 0 Å². The SMILES string of the molecule is NC1CCCCC1C(=O)Nc1ccc2nccnc2c1. The van der Waals surface area contributed by atoms with Crippen molar-refractivity contribution in [3.63, 3.8) is 0 Å². The van der Waals surface area contributed by atoms with E-state index in [2.05, 4.69) is 15.3 Å². The highest BCUT2D eigenvalue weighted by molar-refractivity contribution is 5.94. The molecule has 3 rings (SSSR count). The molecule has 2 aromatic rings. The van der Waals surface area contributed by atoms with Crippen molar-refractivity contribution in [3.8, 4) is 0 Å². The molecule has 1 aromatic carbocycles. The van der Waals surface area contributed by atoms with Crippen LogP contribution in [-0.4, -0.2) is 21.9 Å². The number of nitrogens with one attached hydrogen (secondary N) is 1. The van der Waals surface area contributed by atoms with Crippen molar-refractivity contribution in [3.05, 3.63) is 30.6 Å². The molecule has 1 aromatic heterocycles. The van der Waals surface area contributed by atoms with Gasteiger partial charge in [-0.3, -0.25) is 14.8 Å². The maximum atomic E-state index is 12.3. The average molecular weight is 270 g/mol. The minimum Gasteiger partial charge on any atom is -0.327 e. The third kappa shape index (κ3) is 2.63. The van der Waals surface area contributed by atoms with Crippen LogP contribution in [0, 0.1) is 5.92 Å². The molecule has 5 nitrogen and oxygen atoms in total. The molecule has 0 aliphatic heterocycles. The van der Waals surface area contributed by atoms with Crippen molar-refractivity contribution >= 4 is 22.6 Å². The van der Waals surface area contributed by atoms with Crippen LogP contribution in [0.2, 0.25) is 0 Å². The first-order chi connectivity index (χ1) is 9.74. The Balaban J connectivity index is 1.76. The molecular weight excluding hydrogens is 252 g/mol. The smallest absolute Gasteiger partial charge is 0.229 e. The van der Waals surface area contributed by atoms with E-state index in [1.807, 2.05) is 18.2 Å². The van der Waals surface area contributed by atoms with Crippen LogP contribution >= 0.6 is 0 Å². The zero-order chi connectivity index (χ0) is 13.9. The fourth-order valence-corrected chi connectivity index (χ4v) is 2.76. The third-order valence-electron chi connectivity index (χ3n) is 3.89. The first kappa shape index (κ1) is 13.0. The van der Waals surface area contributed by atoms with Gasteiger partial charge < -0.3 is 11.1 Å². The Morgan fingerprint density at radius 2 is 1.90 bits per heavy atom. The molecular formula is C15H18N4O. The number of benzene rings is 1. The lowest BCUT2D eigenvalue weighted by Crippen LogP contribution is -2.40. The van der Waals surface area contributed by atoms with Crippen molar-refractivity contribution in [1.29, 1.82) is 0 Å². The minimum absolute atomic E-state index is 0.0143. The first-order valence-corrected chi connectivity index (χ1v) is 7.01. The summed E-state index contributed by atoms with van der Waals surface area (Å²) < 4.78 is 0. The molecule has 0 bridgehead atoms. The molecule has 0 saturated heterocycles. The number of aromatic nitrogens is 2. The first-order valence-electron chi connectivity index (χ1n) is 7.01. The number of hydrogen-bond acceptors (Lipinski definition) is 4. The molecule has 1 heterocycles. The van der Waals surface area contributed by atoms with Gasteiger partial charge in [-0.05, 0) is 31.0 Å². The van der Waals surface area contributed by atoms with Crippen molar-refractivity contribution < 1.29 is 4.79 Å². The van der Waals surface area contributed by atoms with Gasteiger partial charge in [-0.25, -0.2) is 0 Å². The maximum absolute atomic E-state index is 12.3. The summed E-state index contributed by atoms with van der Waals surface area (Å²) in [5.74, 6) is -0.0678. The predicted molar refractivity (Wildman–Crippen MR) is 78.1 cm³/mol. The molecule has 2 unspecified atom stereocenters. The van der Waals surface area contributed by atoms with Crippen LogP contribution in [0.15, 0.2) is 30.6 Å². The summed E-state index contributed by atoms with van der Waals surface area (Å²) in [5, 5.41) is 2.95. The fraction of sp³-hybridized carbons (Fsp3) is 0.400.